The number of rotatable bonds is 6. The minimum absolute atomic E-state index is 0.343. The van der Waals surface area contributed by atoms with Gasteiger partial charge in [-0.25, -0.2) is 9.48 Å². The number of nitrogens with one attached hydrogen (secondary N) is 1. The van der Waals surface area contributed by atoms with Crippen LogP contribution in [0.15, 0.2) is 52.9 Å². The summed E-state index contributed by atoms with van der Waals surface area (Å²) in [5, 5.41) is 7.15. The Morgan fingerprint density at radius 1 is 1.17 bits per heavy atom. The molecule has 0 radical (unpaired) electrons. The summed E-state index contributed by atoms with van der Waals surface area (Å²) >= 11 is 8.27. The summed E-state index contributed by atoms with van der Waals surface area (Å²) in [6, 6.07) is 14.1. The van der Waals surface area contributed by atoms with Crippen LogP contribution in [-0.2, 0) is 9.53 Å². The Bertz CT molecular complexity index is 1070. The monoisotopic (exact) mass is 445 g/mol. The smallest absolute Gasteiger partial charge is 0.338 e. The zero-order chi connectivity index (χ0) is 21.0. The Morgan fingerprint density at radius 2 is 1.83 bits per heavy atom. The van der Waals surface area contributed by atoms with Crippen molar-refractivity contribution < 1.29 is 14.3 Å². The van der Waals surface area contributed by atoms with Crippen LogP contribution in [0.5, 0.6) is 0 Å². The van der Waals surface area contributed by atoms with Gasteiger partial charge >= 0.3 is 5.97 Å². The van der Waals surface area contributed by atoms with Gasteiger partial charge in [0.25, 0.3) is 5.91 Å². The minimum Gasteiger partial charge on any atom is -0.449 e. The van der Waals surface area contributed by atoms with E-state index in [1.54, 1.807) is 41.1 Å². The van der Waals surface area contributed by atoms with Crippen LogP contribution in [-0.4, -0.2) is 34.0 Å². The lowest BCUT2D eigenvalue weighted by Gasteiger charge is -2.14. The fourth-order valence-electron chi connectivity index (χ4n) is 2.41. The molecule has 0 saturated heterocycles. The average Bonchev–Trinajstić information content (AvgIpc) is 3.10. The second-order valence-corrected chi connectivity index (χ2v) is 8.88. The van der Waals surface area contributed by atoms with Gasteiger partial charge in [0.2, 0.25) is 0 Å². The molecular weight excluding hydrogens is 426 g/mol. The van der Waals surface area contributed by atoms with Crippen molar-refractivity contribution >= 4 is 52.9 Å². The highest BCUT2D eigenvalue weighted by Crippen LogP contribution is 2.22. The van der Waals surface area contributed by atoms with E-state index in [2.05, 4.69) is 10.4 Å². The number of aryl methyl sites for hydroxylation is 1. The van der Waals surface area contributed by atoms with Crippen LogP contribution in [0.3, 0.4) is 0 Å². The first-order valence-corrected chi connectivity index (χ1v) is 11.2. The molecule has 0 fully saturated rings. The Kier molecular flexibility index (Phi) is 6.83. The van der Waals surface area contributed by atoms with Gasteiger partial charge in [-0.05, 0) is 68.7 Å². The molecule has 0 aliphatic carbocycles. The number of carbonyl (C=O) groups excluding carboxylic acids is 2. The molecule has 0 bridgehead atoms. The number of hydrogen-bond donors (Lipinski definition) is 1. The largest absolute Gasteiger partial charge is 0.449 e. The summed E-state index contributed by atoms with van der Waals surface area (Å²) in [4.78, 5) is 24.6. The van der Waals surface area contributed by atoms with E-state index in [0.29, 0.717) is 15.2 Å². The van der Waals surface area contributed by atoms with E-state index in [-0.39, 0.29) is 0 Å². The number of thioether (sulfide) groups is 1. The standard InChI is InChI=1S/C20H19N3O3S3/c1-12-4-8-15(9-5-12)21-17(24)13(2)26-18(25)14-6-10-16(11-7-14)23-20(27)29-19(22-23)28-3/h4-11,13H,1-3H3,(H,21,24)/t13-/m1/s1. The number of hydrogen-bond acceptors (Lipinski definition) is 7. The third-order valence-corrected chi connectivity index (χ3v) is 6.23. The number of ether oxygens (including phenoxy) is 1. The number of nitrogens with zero attached hydrogens (tertiary/aromatic N) is 2. The van der Waals surface area contributed by atoms with E-state index in [1.807, 2.05) is 25.3 Å². The average molecular weight is 446 g/mol. The van der Waals surface area contributed by atoms with E-state index in [4.69, 9.17) is 17.0 Å². The van der Waals surface area contributed by atoms with Crippen LogP contribution in [0, 0.1) is 10.9 Å². The second-order valence-electron chi connectivity index (χ2n) is 6.20. The first-order valence-electron chi connectivity index (χ1n) is 8.70. The molecule has 0 aliphatic rings. The lowest BCUT2D eigenvalue weighted by molar-refractivity contribution is -0.123. The van der Waals surface area contributed by atoms with Crippen LogP contribution in [0.25, 0.3) is 5.69 Å². The summed E-state index contributed by atoms with van der Waals surface area (Å²) in [7, 11) is 0. The molecule has 29 heavy (non-hydrogen) atoms. The van der Waals surface area contributed by atoms with Crippen molar-refractivity contribution in [2.45, 2.75) is 24.3 Å². The van der Waals surface area contributed by atoms with Crippen molar-refractivity contribution in [1.29, 1.82) is 0 Å². The van der Waals surface area contributed by atoms with Gasteiger partial charge < -0.3 is 10.1 Å². The van der Waals surface area contributed by atoms with Gasteiger partial charge in [0.05, 0.1) is 11.3 Å². The minimum atomic E-state index is -0.931. The first-order chi connectivity index (χ1) is 13.9. The van der Waals surface area contributed by atoms with Crippen molar-refractivity contribution in [2.24, 2.45) is 0 Å². The van der Waals surface area contributed by atoms with Crippen molar-refractivity contribution in [2.75, 3.05) is 11.6 Å². The summed E-state index contributed by atoms with van der Waals surface area (Å²) in [5.41, 5.74) is 2.84. The zero-order valence-corrected chi connectivity index (χ0v) is 18.5. The van der Waals surface area contributed by atoms with Crippen LogP contribution in [0.4, 0.5) is 5.69 Å². The maximum atomic E-state index is 12.4. The predicted octanol–water partition coefficient (Wildman–Crippen LogP) is 4.88. The van der Waals surface area contributed by atoms with E-state index in [9.17, 15) is 9.59 Å². The molecule has 0 aliphatic heterocycles. The van der Waals surface area contributed by atoms with E-state index in [1.165, 1.54) is 30.0 Å². The fourth-order valence-corrected chi connectivity index (χ4v) is 4.19. The van der Waals surface area contributed by atoms with Crippen LogP contribution in [0.2, 0.25) is 0 Å². The molecule has 1 heterocycles. The van der Waals surface area contributed by atoms with Gasteiger partial charge in [-0.15, -0.1) is 5.10 Å². The molecule has 0 spiro atoms. The maximum Gasteiger partial charge on any atom is 0.338 e. The third kappa shape index (κ3) is 5.31. The molecule has 1 atom stereocenters. The van der Waals surface area contributed by atoms with Gasteiger partial charge in [0.1, 0.15) is 0 Å². The molecule has 0 unspecified atom stereocenters. The van der Waals surface area contributed by atoms with Crippen molar-refractivity contribution in [3.8, 4) is 5.69 Å². The Balaban J connectivity index is 1.63. The number of esters is 1. The first kappa shape index (κ1) is 21.2. The summed E-state index contributed by atoms with van der Waals surface area (Å²) in [6.07, 6.45) is 1.01. The number of carbonyl (C=O) groups is 2. The molecule has 0 saturated carbocycles. The topological polar surface area (TPSA) is 73.2 Å². The molecular formula is C20H19N3O3S3. The quantitative estimate of drug-likeness (QED) is 0.331. The van der Waals surface area contributed by atoms with Crippen LogP contribution in [0.1, 0.15) is 22.8 Å². The molecule has 150 valence electrons. The van der Waals surface area contributed by atoms with Gasteiger partial charge in [-0.2, -0.15) is 0 Å². The molecule has 1 amide bonds. The van der Waals surface area contributed by atoms with Crippen molar-refractivity contribution in [3.63, 3.8) is 0 Å². The van der Waals surface area contributed by atoms with E-state index < -0.39 is 18.0 Å². The maximum absolute atomic E-state index is 12.4. The predicted molar refractivity (Wildman–Crippen MR) is 119 cm³/mol. The van der Waals surface area contributed by atoms with Gasteiger partial charge in [0.15, 0.2) is 14.4 Å². The molecule has 3 aromatic rings. The number of benzene rings is 2. The zero-order valence-electron chi connectivity index (χ0n) is 16.0. The second kappa shape index (κ2) is 9.34. The molecule has 6 nitrogen and oxygen atoms in total. The molecule has 9 heteroatoms. The summed E-state index contributed by atoms with van der Waals surface area (Å²) < 4.78 is 8.44. The highest BCUT2D eigenvalue weighted by atomic mass is 32.2. The Hall–Kier alpha value is -2.49. The van der Waals surface area contributed by atoms with Crippen molar-refractivity contribution in [3.05, 3.63) is 63.6 Å². The molecule has 1 N–H and O–H groups in total. The Morgan fingerprint density at radius 3 is 2.41 bits per heavy atom. The van der Waals surface area contributed by atoms with E-state index >= 15 is 0 Å². The molecule has 2 aromatic carbocycles. The van der Waals surface area contributed by atoms with Gasteiger partial charge in [0, 0.05) is 5.69 Å². The lowest BCUT2D eigenvalue weighted by Crippen LogP contribution is -2.30. The summed E-state index contributed by atoms with van der Waals surface area (Å²) in [5.74, 6) is -0.966. The third-order valence-electron chi connectivity index (χ3n) is 4.02. The highest BCUT2D eigenvalue weighted by molar-refractivity contribution is 8.00. The Labute approximate surface area is 181 Å². The SMILES string of the molecule is CSc1nn(-c2ccc(C(=O)O[C@H](C)C(=O)Nc3ccc(C)cc3)cc2)c(=S)s1. The number of amides is 1. The molecule has 1 aromatic heterocycles. The van der Waals surface area contributed by atoms with Crippen LogP contribution < -0.4 is 5.32 Å². The molecule has 3 rings (SSSR count). The van der Waals surface area contributed by atoms with Gasteiger partial charge in [-0.1, -0.05) is 40.8 Å². The number of anilines is 1. The normalized spacial score (nSPS) is 11.7. The highest BCUT2D eigenvalue weighted by Gasteiger charge is 2.19. The lowest BCUT2D eigenvalue weighted by atomic mass is 10.2. The van der Waals surface area contributed by atoms with Crippen molar-refractivity contribution in [1.82, 2.24) is 9.78 Å². The number of aromatic nitrogens is 2. The fraction of sp³-hybridized carbons (Fsp3) is 0.200. The van der Waals surface area contributed by atoms with Gasteiger partial charge in [-0.3, -0.25) is 4.79 Å². The van der Waals surface area contributed by atoms with Crippen LogP contribution >= 0.6 is 35.3 Å². The summed E-state index contributed by atoms with van der Waals surface area (Å²) in [6.45, 7) is 3.50. The van der Waals surface area contributed by atoms with E-state index in [0.717, 1.165) is 15.6 Å².